The summed E-state index contributed by atoms with van der Waals surface area (Å²) in [6, 6.07) is 4.16. The van der Waals surface area contributed by atoms with Gasteiger partial charge in [0.2, 0.25) is 0 Å². The number of allylic oxidation sites excluding steroid dienone is 6. The predicted octanol–water partition coefficient (Wildman–Crippen LogP) is 3.42. The molecule has 1 aliphatic carbocycles. The van der Waals surface area contributed by atoms with Gasteiger partial charge in [0.1, 0.15) is 5.82 Å². The maximum atomic E-state index is 13.2. The van der Waals surface area contributed by atoms with E-state index in [9.17, 15) is 9.18 Å². The maximum Gasteiger partial charge on any atom is 0.338 e. The Balaban J connectivity index is 2.43. The number of aromatic carboxylic acids is 1. The van der Waals surface area contributed by atoms with Crippen molar-refractivity contribution in [3.05, 3.63) is 65.5 Å². The van der Waals surface area contributed by atoms with E-state index in [0.717, 1.165) is 11.1 Å². The third-order valence-electron chi connectivity index (χ3n) is 2.56. The average Bonchev–Trinajstić information content (AvgIpc) is 2.58. The lowest BCUT2D eigenvalue weighted by Crippen LogP contribution is -2.01. The van der Waals surface area contributed by atoms with Crippen molar-refractivity contribution in [3.8, 4) is 0 Å². The fourth-order valence-electron chi connectivity index (χ4n) is 1.68. The Morgan fingerprint density at radius 3 is 2.82 bits per heavy atom. The number of halogens is 1. The lowest BCUT2D eigenvalue weighted by Gasteiger charge is -2.06. The summed E-state index contributed by atoms with van der Waals surface area (Å²) >= 11 is 0. The van der Waals surface area contributed by atoms with Gasteiger partial charge in [-0.1, -0.05) is 36.4 Å². The smallest absolute Gasteiger partial charge is 0.338 e. The summed E-state index contributed by atoms with van der Waals surface area (Å²) in [7, 11) is 0. The standard InChI is InChI=1S/C14H11FO2/c15-13-8-7-11(9-12(13)14(16)17)10-5-3-1-2-4-6-10/h1-5,7-9H,6H2,(H,16,17). The number of carboxylic acid groups (broad SMARTS) is 1. The Kier molecular flexibility index (Phi) is 3.19. The van der Waals surface area contributed by atoms with Crippen LogP contribution in [0.15, 0.2) is 48.6 Å². The molecule has 2 rings (SSSR count). The zero-order valence-electron chi connectivity index (χ0n) is 9.06. The second kappa shape index (κ2) is 4.78. The van der Waals surface area contributed by atoms with Crippen LogP contribution in [0.2, 0.25) is 0 Å². The monoisotopic (exact) mass is 230 g/mol. The van der Waals surface area contributed by atoms with Crippen molar-refractivity contribution in [2.45, 2.75) is 6.42 Å². The fourth-order valence-corrected chi connectivity index (χ4v) is 1.68. The first-order valence-corrected chi connectivity index (χ1v) is 5.24. The molecule has 1 N–H and O–H groups in total. The molecule has 0 radical (unpaired) electrons. The zero-order chi connectivity index (χ0) is 12.3. The Labute approximate surface area is 98.4 Å². The molecule has 0 amide bonds. The minimum absolute atomic E-state index is 0.291. The van der Waals surface area contributed by atoms with Gasteiger partial charge >= 0.3 is 5.97 Å². The van der Waals surface area contributed by atoms with Crippen LogP contribution in [0.4, 0.5) is 4.39 Å². The molecule has 1 aromatic carbocycles. The SMILES string of the molecule is O=C(O)c1cc(C2=CC=CC=CC2)ccc1F. The van der Waals surface area contributed by atoms with Crippen molar-refractivity contribution < 1.29 is 14.3 Å². The second-order valence-electron chi connectivity index (χ2n) is 3.71. The normalized spacial score (nSPS) is 14.3. The number of benzene rings is 1. The summed E-state index contributed by atoms with van der Waals surface area (Å²) in [5.74, 6) is -1.95. The number of hydrogen-bond donors (Lipinski definition) is 1. The van der Waals surface area contributed by atoms with Crippen molar-refractivity contribution >= 4 is 11.5 Å². The average molecular weight is 230 g/mol. The molecule has 2 nitrogen and oxygen atoms in total. The molecule has 0 saturated carbocycles. The molecule has 0 unspecified atom stereocenters. The molecule has 0 heterocycles. The van der Waals surface area contributed by atoms with Crippen molar-refractivity contribution in [2.24, 2.45) is 0 Å². The minimum Gasteiger partial charge on any atom is -0.478 e. The molecule has 3 heteroatoms. The van der Waals surface area contributed by atoms with Gasteiger partial charge in [0.05, 0.1) is 5.56 Å². The molecule has 0 atom stereocenters. The molecule has 0 aliphatic heterocycles. The quantitative estimate of drug-likeness (QED) is 0.845. The summed E-state index contributed by atoms with van der Waals surface area (Å²) < 4.78 is 13.2. The van der Waals surface area contributed by atoms with Crippen LogP contribution in [0.5, 0.6) is 0 Å². The van der Waals surface area contributed by atoms with Crippen LogP contribution in [-0.4, -0.2) is 11.1 Å². The summed E-state index contributed by atoms with van der Waals surface area (Å²) in [5, 5.41) is 8.86. The van der Waals surface area contributed by atoms with E-state index in [1.54, 1.807) is 6.07 Å². The largest absolute Gasteiger partial charge is 0.478 e. The molecular formula is C14H11FO2. The Morgan fingerprint density at radius 1 is 1.24 bits per heavy atom. The fraction of sp³-hybridized carbons (Fsp3) is 0.0714. The molecule has 0 bridgehead atoms. The van der Waals surface area contributed by atoms with E-state index in [4.69, 9.17) is 5.11 Å². The van der Waals surface area contributed by atoms with Crippen LogP contribution in [0, 0.1) is 5.82 Å². The predicted molar refractivity (Wildman–Crippen MR) is 64.2 cm³/mol. The third-order valence-corrected chi connectivity index (χ3v) is 2.56. The first kappa shape index (κ1) is 11.3. The molecule has 1 aromatic rings. The summed E-state index contributed by atoms with van der Waals surface area (Å²) in [6.45, 7) is 0. The van der Waals surface area contributed by atoms with Gasteiger partial charge in [-0.25, -0.2) is 9.18 Å². The number of hydrogen-bond acceptors (Lipinski definition) is 1. The van der Waals surface area contributed by atoms with E-state index in [1.165, 1.54) is 12.1 Å². The highest BCUT2D eigenvalue weighted by Crippen LogP contribution is 2.23. The van der Waals surface area contributed by atoms with E-state index >= 15 is 0 Å². The maximum absolute atomic E-state index is 13.2. The third kappa shape index (κ3) is 2.50. The molecule has 86 valence electrons. The van der Waals surface area contributed by atoms with Crippen LogP contribution < -0.4 is 0 Å². The molecule has 0 spiro atoms. The highest BCUT2D eigenvalue weighted by atomic mass is 19.1. The topological polar surface area (TPSA) is 37.3 Å². The minimum atomic E-state index is -1.25. The van der Waals surface area contributed by atoms with E-state index in [2.05, 4.69) is 0 Å². The van der Waals surface area contributed by atoms with Gasteiger partial charge in [-0.05, 0) is 29.7 Å². The second-order valence-corrected chi connectivity index (χ2v) is 3.71. The molecule has 1 aliphatic rings. The number of carboxylic acids is 1. The number of rotatable bonds is 2. The summed E-state index contributed by atoms with van der Waals surface area (Å²) in [4.78, 5) is 10.8. The van der Waals surface area contributed by atoms with Crippen molar-refractivity contribution in [3.63, 3.8) is 0 Å². The van der Waals surface area contributed by atoms with Gasteiger partial charge in [-0.2, -0.15) is 0 Å². The lowest BCUT2D eigenvalue weighted by atomic mass is 10.00. The van der Waals surface area contributed by atoms with E-state index in [0.29, 0.717) is 6.42 Å². The van der Waals surface area contributed by atoms with Crippen LogP contribution in [0.1, 0.15) is 22.3 Å². The summed E-state index contributed by atoms with van der Waals surface area (Å²) in [6.07, 6.45) is 10.3. The van der Waals surface area contributed by atoms with E-state index < -0.39 is 11.8 Å². The Morgan fingerprint density at radius 2 is 2.06 bits per heavy atom. The van der Waals surface area contributed by atoms with Crippen molar-refractivity contribution in [1.82, 2.24) is 0 Å². The van der Waals surface area contributed by atoms with Gasteiger partial charge in [0.15, 0.2) is 0 Å². The molecule has 0 saturated heterocycles. The first-order valence-electron chi connectivity index (χ1n) is 5.24. The Bertz CT molecular complexity index is 539. The highest BCUT2D eigenvalue weighted by molar-refractivity contribution is 5.89. The van der Waals surface area contributed by atoms with Crippen LogP contribution in [-0.2, 0) is 0 Å². The molecule has 17 heavy (non-hydrogen) atoms. The van der Waals surface area contributed by atoms with Crippen LogP contribution in [0.25, 0.3) is 5.57 Å². The molecule has 0 aromatic heterocycles. The lowest BCUT2D eigenvalue weighted by molar-refractivity contribution is 0.0692. The van der Waals surface area contributed by atoms with E-state index in [1.807, 2.05) is 30.4 Å². The summed E-state index contributed by atoms with van der Waals surface area (Å²) in [5.41, 5.74) is 1.41. The van der Waals surface area contributed by atoms with Gasteiger partial charge < -0.3 is 5.11 Å². The van der Waals surface area contributed by atoms with Crippen molar-refractivity contribution in [1.29, 1.82) is 0 Å². The van der Waals surface area contributed by atoms with Gasteiger partial charge in [-0.3, -0.25) is 0 Å². The zero-order valence-corrected chi connectivity index (χ0v) is 9.06. The van der Waals surface area contributed by atoms with Gasteiger partial charge in [-0.15, -0.1) is 0 Å². The first-order chi connectivity index (χ1) is 8.18. The number of carbonyl (C=O) groups is 1. The Hall–Kier alpha value is -2.16. The van der Waals surface area contributed by atoms with Crippen molar-refractivity contribution in [2.75, 3.05) is 0 Å². The van der Waals surface area contributed by atoms with Gasteiger partial charge in [0.25, 0.3) is 0 Å². The molecule has 0 fully saturated rings. The van der Waals surface area contributed by atoms with Gasteiger partial charge in [0, 0.05) is 0 Å². The highest BCUT2D eigenvalue weighted by Gasteiger charge is 2.12. The van der Waals surface area contributed by atoms with E-state index in [-0.39, 0.29) is 5.56 Å². The van der Waals surface area contributed by atoms with Crippen LogP contribution in [0.3, 0.4) is 0 Å². The van der Waals surface area contributed by atoms with Crippen LogP contribution >= 0.6 is 0 Å². The molecular weight excluding hydrogens is 219 g/mol.